The van der Waals surface area contributed by atoms with E-state index in [1.807, 2.05) is 24.3 Å². The summed E-state index contributed by atoms with van der Waals surface area (Å²) in [6.45, 7) is 9.22. The van der Waals surface area contributed by atoms with Crippen molar-refractivity contribution >= 4 is 17.5 Å². The molecule has 0 heterocycles. The van der Waals surface area contributed by atoms with Crippen molar-refractivity contribution in [1.82, 2.24) is 5.32 Å². The summed E-state index contributed by atoms with van der Waals surface area (Å²) in [5.41, 5.74) is 2.40. The normalized spacial score (nSPS) is 20.1. The third kappa shape index (κ3) is 2.51. The molecule has 1 aliphatic rings. The van der Waals surface area contributed by atoms with Gasteiger partial charge in [0, 0.05) is 18.3 Å². The van der Waals surface area contributed by atoms with Gasteiger partial charge in [-0.25, -0.2) is 0 Å². The van der Waals surface area contributed by atoms with E-state index in [4.69, 9.17) is 11.6 Å². The van der Waals surface area contributed by atoms with Crippen LogP contribution in [0, 0.1) is 16.7 Å². The molecule has 0 bridgehead atoms. The molecule has 0 saturated heterocycles. The topological polar surface area (TPSA) is 29.1 Å². The molecule has 0 spiro atoms. The predicted molar refractivity (Wildman–Crippen MR) is 78.9 cm³/mol. The number of halogens is 1. The molecule has 0 radical (unpaired) electrons. The molecule has 1 aliphatic carbocycles. The van der Waals surface area contributed by atoms with Gasteiger partial charge in [0.1, 0.15) is 0 Å². The summed E-state index contributed by atoms with van der Waals surface area (Å²) in [6, 6.07) is 8.03. The Morgan fingerprint density at radius 1 is 1.11 bits per heavy atom. The highest BCUT2D eigenvalue weighted by Crippen LogP contribution is 2.68. The molecule has 1 N–H and O–H groups in total. The van der Waals surface area contributed by atoms with E-state index >= 15 is 0 Å². The summed E-state index contributed by atoms with van der Waals surface area (Å²) >= 11 is 5.75. The fourth-order valence-corrected chi connectivity index (χ4v) is 3.07. The second-order valence-electron chi connectivity index (χ2n) is 6.54. The van der Waals surface area contributed by atoms with Crippen molar-refractivity contribution in [1.29, 1.82) is 0 Å². The number of benzene rings is 1. The standard InChI is InChI=1S/C16H22ClNO/c1-15(2)13(16(15,3)4)14(19)18-10-12-7-5-11(9-17)6-8-12/h5-8,13H,9-10H2,1-4H3,(H,18,19). The molecule has 0 aliphatic heterocycles. The van der Waals surface area contributed by atoms with Crippen LogP contribution in [0.1, 0.15) is 38.8 Å². The predicted octanol–water partition coefficient (Wildman–Crippen LogP) is 3.72. The van der Waals surface area contributed by atoms with Crippen LogP contribution in [0.25, 0.3) is 0 Å². The summed E-state index contributed by atoms with van der Waals surface area (Å²) in [4.78, 5) is 12.2. The van der Waals surface area contributed by atoms with E-state index in [1.165, 1.54) is 0 Å². The first-order chi connectivity index (χ1) is 8.80. The van der Waals surface area contributed by atoms with Crippen LogP contribution in [-0.4, -0.2) is 5.91 Å². The van der Waals surface area contributed by atoms with Crippen LogP contribution in [0.5, 0.6) is 0 Å². The second-order valence-corrected chi connectivity index (χ2v) is 6.81. The number of amides is 1. The van der Waals surface area contributed by atoms with Crippen LogP contribution < -0.4 is 5.32 Å². The van der Waals surface area contributed by atoms with Gasteiger partial charge in [0.2, 0.25) is 5.91 Å². The van der Waals surface area contributed by atoms with E-state index in [2.05, 4.69) is 33.0 Å². The molecule has 2 nitrogen and oxygen atoms in total. The Balaban J connectivity index is 1.91. The SMILES string of the molecule is CC1(C)C(C(=O)NCc2ccc(CCl)cc2)C1(C)C. The maximum atomic E-state index is 12.2. The lowest BCUT2D eigenvalue weighted by molar-refractivity contribution is -0.123. The Hall–Kier alpha value is -1.02. The first kappa shape index (κ1) is 14.4. The highest BCUT2D eigenvalue weighted by Gasteiger charge is 2.68. The highest BCUT2D eigenvalue weighted by molar-refractivity contribution is 6.17. The minimum absolute atomic E-state index is 0.0968. The molecular formula is C16H22ClNO. The van der Waals surface area contributed by atoms with Crippen LogP contribution in [0.2, 0.25) is 0 Å². The fourth-order valence-electron chi connectivity index (χ4n) is 2.89. The van der Waals surface area contributed by atoms with Crippen molar-refractivity contribution < 1.29 is 4.79 Å². The number of carbonyl (C=O) groups is 1. The van der Waals surface area contributed by atoms with Crippen LogP contribution in [0.3, 0.4) is 0 Å². The first-order valence-corrected chi connectivity index (χ1v) is 7.25. The van der Waals surface area contributed by atoms with Gasteiger partial charge in [0.25, 0.3) is 0 Å². The van der Waals surface area contributed by atoms with Gasteiger partial charge in [0.05, 0.1) is 0 Å². The zero-order chi connectivity index (χ0) is 14.3. The van der Waals surface area contributed by atoms with Gasteiger partial charge in [-0.2, -0.15) is 0 Å². The van der Waals surface area contributed by atoms with Crippen molar-refractivity contribution in [3.8, 4) is 0 Å². The van der Waals surface area contributed by atoms with E-state index in [-0.39, 0.29) is 22.7 Å². The number of hydrogen-bond donors (Lipinski definition) is 1. The average molecular weight is 280 g/mol. The molecule has 2 rings (SSSR count). The maximum absolute atomic E-state index is 12.2. The number of hydrogen-bond acceptors (Lipinski definition) is 1. The fraction of sp³-hybridized carbons (Fsp3) is 0.562. The Labute approximate surface area is 120 Å². The van der Waals surface area contributed by atoms with Crippen LogP contribution in [-0.2, 0) is 17.2 Å². The molecule has 3 heteroatoms. The summed E-state index contributed by atoms with van der Waals surface area (Å²) in [5, 5.41) is 3.04. The lowest BCUT2D eigenvalue weighted by Gasteiger charge is -2.07. The molecule has 104 valence electrons. The summed E-state index contributed by atoms with van der Waals surface area (Å²) in [5.74, 6) is 0.801. The Morgan fingerprint density at radius 2 is 1.58 bits per heavy atom. The molecule has 0 unspecified atom stereocenters. The maximum Gasteiger partial charge on any atom is 0.224 e. The van der Waals surface area contributed by atoms with Crippen molar-refractivity contribution in [3.63, 3.8) is 0 Å². The number of alkyl halides is 1. The summed E-state index contributed by atoms with van der Waals surface area (Å²) in [7, 11) is 0. The summed E-state index contributed by atoms with van der Waals surface area (Å²) in [6.07, 6.45) is 0. The van der Waals surface area contributed by atoms with Gasteiger partial charge in [-0.15, -0.1) is 11.6 Å². The average Bonchev–Trinajstić information content (AvgIpc) is 2.77. The zero-order valence-electron chi connectivity index (χ0n) is 12.1. The smallest absolute Gasteiger partial charge is 0.224 e. The van der Waals surface area contributed by atoms with Gasteiger partial charge in [-0.05, 0) is 22.0 Å². The minimum Gasteiger partial charge on any atom is -0.352 e. The summed E-state index contributed by atoms with van der Waals surface area (Å²) < 4.78 is 0. The Morgan fingerprint density at radius 3 is 2.00 bits per heavy atom. The molecule has 1 saturated carbocycles. The highest BCUT2D eigenvalue weighted by atomic mass is 35.5. The van der Waals surface area contributed by atoms with Crippen molar-refractivity contribution in [2.75, 3.05) is 0 Å². The van der Waals surface area contributed by atoms with E-state index in [9.17, 15) is 4.79 Å². The van der Waals surface area contributed by atoms with Gasteiger partial charge < -0.3 is 5.32 Å². The van der Waals surface area contributed by atoms with Gasteiger partial charge >= 0.3 is 0 Å². The third-order valence-electron chi connectivity index (χ3n) is 4.93. The molecule has 1 fully saturated rings. The van der Waals surface area contributed by atoms with Gasteiger partial charge in [0.15, 0.2) is 0 Å². The number of nitrogens with one attached hydrogen (secondary N) is 1. The Bertz CT molecular complexity index is 462. The Kier molecular flexibility index (Phi) is 3.65. The molecule has 1 amide bonds. The van der Waals surface area contributed by atoms with E-state index in [0.717, 1.165) is 11.1 Å². The van der Waals surface area contributed by atoms with Crippen LogP contribution in [0.4, 0.5) is 0 Å². The number of rotatable bonds is 4. The second kappa shape index (κ2) is 4.82. The van der Waals surface area contributed by atoms with Crippen molar-refractivity contribution in [2.24, 2.45) is 16.7 Å². The van der Waals surface area contributed by atoms with Crippen LogP contribution >= 0.6 is 11.6 Å². The zero-order valence-corrected chi connectivity index (χ0v) is 12.8. The molecule has 0 atom stereocenters. The quantitative estimate of drug-likeness (QED) is 0.836. The van der Waals surface area contributed by atoms with E-state index in [0.29, 0.717) is 12.4 Å². The molecule has 19 heavy (non-hydrogen) atoms. The molecular weight excluding hydrogens is 258 g/mol. The van der Waals surface area contributed by atoms with E-state index in [1.54, 1.807) is 0 Å². The lowest BCUT2D eigenvalue weighted by Crippen LogP contribution is -2.26. The monoisotopic (exact) mass is 279 g/mol. The third-order valence-corrected chi connectivity index (χ3v) is 5.24. The van der Waals surface area contributed by atoms with Crippen molar-refractivity contribution in [2.45, 2.75) is 40.1 Å². The van der Waals surface area contributed by atoms with Gasteiger partial charge in [-0.1, -0.05) is 52.0 Å². The van der Waals surface area contributed by atoms with Crippen LogP contribution in [0.15, 0.2) is 24.3 Å². The first-order valence-electron chi connectivity index (χ1n) is 6.72. The molecule has 1 aromatic rings. The van der Waals surface area contributed by atoms with Crippen molar-refractivity contribution in [3.05, 3.63) is 35.4 Å². The molecule has 0 aromatic heterocycles. The van der Waals surface area contributed by atoms with E-state index < -0.39 is 0 Å². The molecule has 1 aromatic carbocycles. The van der Waals surface area contributed by atoms with Gasteiger partial charge in [-0.3, -0.25) is 4.79 Å². The number of carbonyl (C=O) groups excluding carboxylic acids is 1. The largest absolute Gasteiger partial charge is 0.352 e. The minimum atomic E-state index is 0.0968. The lowest BCUT2D eigenvalue weighted by atomic mass is 10.0.